The Morgan fingerprint density at radius 2 is 1.97 bits per heavy atom. The van der Waals surface area contributed by atoms with Gasteiger partial charge in [-0.05, 0) is 30.3 Å². The SMILES string of the molecule is COc1cc(C2=Nc3ccccc3-c3c(C(N)=O)cnn4ccc2c34)ccc1O. The lowest BCUT2D eigenvalue weighted by molar-refractivity contribution is 0.100. The summed E-state index contributed by atoms with van der Waals surface area (Å²) in [5.41, 5.74) is 11.2. The largest absolute Gasteiger partial charge is 0.504 e. The molecule has 4 aromatic rings. The summed E-state index contributed by atoms with van der Waals surface area (Å²) < 4.78 is 6.98. The normalized spacial score (nSPS) is 12.2. The van der Waals surface area contributed by atoms with Gasteiger partial charge in [0.2, 0.25) is 0 Å². The number of carbonyl (C=O) groups is 1. The molecule has 142 valence electrons. The van der Waals surface area contributed by atoms with Crippen molar-refractivity contribution >= 4 is 22.8 Å². The molecule has 7 heteroatoms. The number of aliphatic imine (C=N–C) groups is 1. The summed E-state index contributed by atoms with van der Waals surface area (Å²) in [6.45, 7) is 0. The van der Waals surface area contributed by atoms with E-state index < -0.39 is 5.91 Å². The first-order valence-electron chi connectivity index (χ1n) is 8.94. The molecule has 3 N–H and O–H groups in total. The molecule has 2 aromatic carbocycles. The first-order chi connectivity index (χ1) is 14.1. The van der Waals surface area contributed by atoms with Crippen molar-refractivity contribution < 1.29 is 14.6 Å². The van der Waals surface area contributed by atoms with Crippen LogP contribution in [-0.4, -0.2) is 33.4 Å². The predicted molar refractivity (Wildman–Crippen MR) is 109 cm³/mol. The van der Waals surface area contributed by atoms with Crippen LogP contribution in [0.2, 0.25) is 0 Å². The van der Waals surface area contributed by atoms with Gasteiger partial charge < -0.3 is 15.6 Å². The Bertz CT molecular complexity index is 1340. The minimum Gasteiger partial charge on any atom is -0.504 e. The number of amides is 1. The van der Waals surface area contributed by atoms with Gasteiger partial charge in [-0.3, -0.25) is 4.79 Å². The van der Waals surface area contributed by atoms with E-state index in [0.29, 0.717) is 28.3 Å². The van der Waals surface area contributed by atoms with Crippen molar-refractivity contribution in [3.05, 3.63) is 77.6 Å². The summed E-state index contributed by atoms with van der Waals surface area (Å²) in [4.78, 5) is 17.1. The van der Waals surface area contributed by atoms with E-state index in [0.717, 1.165) is 22.2 Å². The molecular formula is C22H16N4O3. The Labute approximate surface area is 165 Å². The number of nitrogens with zero attached hydrogens (tertiary/aromatic N) is 3. The number of carbonyl (C=O) groups excluding carboxylic acids is 1. The fourth-order valence-electron chi connectivity index (χ4n) is 3.74. The summed E-state index contributed by atoms with van der Waals surface area (Å²) in [6, 6.07) is 14.6. The second kappa shape index (κ2) is 6.20. The number of aromatic hydroxyl groups is 1. The molecule has 0 saturated heterocycles. The first kappa shape index (κ1) is 17.0. The Kier molecular flexibility index (Phi) is 3.64. The molecule has 0 aliphatic carbocycles. The highest BCUT2D eigenvalue weighted by molar-refractivity contribution is 6.22. The molecule has 7 nitrogen and oxygen atoms in total. The third-order valence-electron chi connectivity index (χ3n) is 5.06. The number of phenolic OH excluding ortho intramolecular Hbond substituents is 1. The summed E-state index contributed by atoms with van der Waals surface area (Å²) in [6.07, 6.45) is 3.31. The number of rotatable bonds is 3. The van der Waals surface area contributed by atoms with Gasteiger partial charge in [0.15, 0.2) is 11.5 Å². The van der Waals surface area contributed by atoms with E-state index in [1.165, 1.54) is 13.3 Å². The standard InChI is InChI=1S/C22H16N4O3/c1-29-18-10-12(6-7-17(18)27)20-14-8-9-26-21(14)19(15(11-24-26)22(23)28)13-4-2-3-5-16(13)25-20/h2-11,27H,1H3,(H2,23,28). The predicted octanol–water partition coefficient (Wildman–Crippen LogP) is 3.30. The molecule has 29 heavy (non-hydrogen) atoms. The van der Waals surface area contributed by atoms with Crippen molar-refractivity contribution in [2.24, 2.45) is 10.7 Å². The second-order valence-electron chi connectivity index (χ2n) is 6.68. The molecule has 3 heterocycles. The van der Waals surface area contributed by atoms with Gasteiger partial charge in [0.1, 0.15) is 0 Å². The Morgan fingerprint density at radius 1 is 1.14 bits per heavy atom. The monoisotopic (exact) mass is 384 g/mol. The molecule has 1 aliphatic heterocycles. The van der Waals surface area contributed by atoms with Crippen molar-refractivity contribution in [3.8, 4) is 22.6 Å². The first-order valence-corrected chi connectivity index (χ1v) is 8.94. The number of phenols is 1. The van der Waals surface area contributed by atoms with Gasteiger partial charge in [0, 0.05) is 28.5 Å². The lowest BCUT2D eigenvalue weighted by atomic mass is 9.96. The zero-order valence-electron chi connectivity index (χ0n) is 15.5. The van der Waals surface area contributed by atoms with E-state index in [1.54, 1.807) is 22.7 Å². The van der Waals surface area contributed by atoms with Gasteiger partial charge in [-0.25, -0.2) is 9.51 Å². The molecule has 0 saturated carbocycles. The summed E-state index contributed by atoms with van der Waals surface area (Å²) in [5, 5.41) is 14.3. The van der Waals surface area contributed by atoms with Crippen LogP contribution in [0.1, 0.15) is 21.5 Å². The van der Waals surface area contributed by atoms with Crippen LogP contribution in [-0.2, 0) is 0 Å². The number of primary amides is 1. The quantitative estimate of drug-likeness (QED) is 0.498. The van der Waals surface area contributed by atoms with Gasteiger partial charge in [0.25, 0.3) is 5.91 Å². The summed E-state index contributed by atoms with van der Waals surface area (Å²) in [5.74, 6) is -0.153. The average molecular weight is 384 g/mol. The number of benzene rings is 2. The maximum atomic E-state index is 12.2. The zero-order valence-corrected chi connectivity index (χ0v) is 15.5. The maximum Gasteiger partial charge on any atom is 0.251 e. The molecule has 0 spiro atoms. The Hall–Kier alpha value is -4.13. The zero-order chi connectivity index (χ0) is 20.1. The topological polar surface area (TPSA) is 102 Å². The third kappa shape index (κ3) is 2.48. The number of para-hydroxylation sites is 1. The molecule has 0 unspecified atom stereocenters. The Balaban J connectivity index is 1.91. The van der Waals surface area contributed by atoms with Crippen molar-refractivity contribution in [1.82, 2.24) is 9.61 Å². The average Bonchev–Trinajstić information content (AvgIpc) is 3.09. The van der Waals surface area contributed by atoms with E-state index in [2.05, 4.69) is 5.10 Å². The second-order valence-corrected chi connectivity index (χ2v) is 6.68. The maximum absolute atomic E-state index is 12.2. The smallest absolute Gasteiger partial charge is 0.251 e. The molecule has 2 aromatic heterocycles. The summed E-state index contributed by atoms with van der Waals surface area (Å²) >= 11 is 0. The van der Waals surface area contributed by atoms with Crippen LogP contribution in [0.3, 0.4) is 0 Å². The van der Waals surface area contributed by atoms with Gasteiger partial charge in [-0.1, -0.05) is 18.2 Å². The van der Waals surface area contributed by atoms with Gasteiger partial charge >= 0.3 is 0 Å². The van der Waals surface area contributed by atoms with Crippen LogP contribution in [0, 0.1) is 0 Å². The van der Waals surface area contributed by atoms with Crippen molar-refractivity contribution in [2.75, 3.05) is 7.11 Å². The number of fused-ring (bicyclic) bond motifs is 2. The third-order valence-corrected chi connectivity index (χ3v) is 5.06. The van der Waals surface area contributed by atoms with Crippen molar-refractivity contribution in [2.45, 2.75) is 0 Å². The van der Waals surface area contributed by atoms with Gasteiger partial charge in [-0.15, -0.1) is 0 Å². The molecule has 0 bridgehead atoms. The number of ether oxygens (including phenoxy) is 1. The molecule has 5 rings (SSSR count). The highest BCUT2D eigenvalue weighted by atomic mass is 16.5. The van der Waals surface area contributed by atoms with Crippen LogP contribution in [0.15, 0.2) is 65.9 Å². The van der Waals surface area contributed by atoms with E-state index in [1.807, 2.05) is 36.5 Å². The molecule has 1 amide bonds. The number of hydrogen-bond donors (Lipinski definition) is 2. The number of nitrogens with two attached hydrogens (primary N) is 1. The van der Waals surface area contributed by atoms with E-state index in [9.17, 15) is 9.90 Å². The number of methoxy groups -OCH3 is 1. The highest BCUT2D eigenvalue weighted by Crippen LogP contribution is 2.41. The van der Waals surface area contributed by atoms with Gasteiger partial charge in [-0.2, -0.15) is 5.10 Å². The van der Waals surface area contributed by atoms with E-state index in [4.69, 9.17) is 15.5 Å². The lowest BCUT2D eigenvalue weighted by Crippen LogP contribution is -2.14. The molecule has 1 aliphatic rings. The summed E-state index contributed by atoms with van der Waals surface area (Å²) in [7, 11) is 1.50. The Morgan fingerprint density at radius 3 is 2.76 bits per heavy atom. The van der Waals surface area contributed by atoms with Crippen LogP contribution in [0.25, 0.3) is 16.6 Å². The number of hydrogen-bond acceptors (Lipinski definition) is 5. The number of aromatic nitrogens is 2. The van der Waals surface area contributed by atoms with Gasteiger partial charge in [0.05, 0.1) is 35.8 Å². The molecule has 0 atom stereocenters. The molecule has 0 radical (unpaired) electrons. The molecular weight excluding hydrogens is 368 g/mol. The van der Waals surface area contributed by atoms with Crippen LogP contribution >= 0.6 is 0 Å². The lowest BCUT2D eigenvalue weighted by Gasteiger charge is -2.10. The minimum atomic E-state index is -0.549. The highest BCUT2D eigenvalue weighted by Gasteiger charge is 2.26. The molecule has 0 fully saturated rings. The van der Waals surface area contributed by atoms with Crippen molar-refractivity contribution in [3.63, 3.8) is 0 Å². The fourth-order valence-corrected chi connectivity index (χ4v) is 3.74. The van der Waals surface area contributed by atoms with Crippen molar-refractivity contribution in [1.29, 1.82) is 0 Å². The van der Waals surface area contributed by atoms with Crippen LogP contribution in [0.5, 0.6) is 11.5 Å². The minimum absolute atomic E-state index is 0.0472. The van der Waals surface area contributed by atoms with Crippen LogP contribution in [0.4, 0.5) is 5.69 Å². The van der Waals surface area contributed by atoms with E-state index in [-0.39, 0.29) is 5.75 Å². The van der Waals surface area contributed by atoms with E-state index >= 15 is 0 Å². The van der Waals surface area contributed by atoms with Crippen LogP contribution < -0.4 is 10.5 Å². The fraction of sp³-hybridized carbons (Fsp3) is 0.0455.